The van der Waals surface area contributed by atoms with E-state index in [-0.39, 0.29) is 29.9 Å². The molecule has 1 aromatic heterocycles. The van der Waals surface area contributed by atoms with Gasteiger partial charge in [-0.05, 0) is 50.3 Å². The molecule has 39 heavy (non-hydrogen) atoms. The van der Waals surface area contributed by atoms with Gasteiger partial charge in [-0.25, -0.2) is 9.18 Å². The highest BCUT2D eigenvalue weighted by Gasteiger charge is 2.33. The van der Waals surface area contributed by atoms with Gasteiger partial charge in [0.2, 0.25) is 5.91 Å². The number of carbonyl (C=O) groups excluding carboxylic acids is 4. The van der Waals surface area contributed by atoms with E-state index in [0.29, 0.717) is 30.7 Å². The Hall–Kier alpha value is -4.02. The van der Waals surface area contributed by atoms with Crippen molar-refractivity contribution in [2.45, 2.75) is 65.1 Å². The van der Waals surface area contributed by atoms with Gasteiger partial charge in [-0.15, -0.1) is 0 Å². The lowest BCUT2D eigenvalue weighted by Crippen LogP contribution is -2.50. The molecule has 0 radical (unpaired) electrons. The standard InChI is InChI=1S/C28H35FN4O6/c1-5-6-21(15-19-11-12-30-25(19)34)31-27(36)23(14-18-7-9-20(29)10-8-18)38-28(37)24(16(2)3)32-26(35)22-13-17(4)39-33-22/h5-10,13,16,19,21,23-24H,11-12,14-15H2,1-4H3,(H,30,34)(H,31,36)(H,32,35)/b6-5+/t19-,21+,23-,24-/m0/s1. The number of rotatable bonds is 12. The third-order valence-corrected chi connectivity index (χ3v) is 6.41. The third kappa shape index (κ3) is 8.49. The summed E-state index contributed by atoms with van der Waals surface area (Å²) >= 11 is 0. The fourth-order valence-corrected chi connectivity index (χ4v) is 4.29. The van der Waals surface area contributed by atoms with E-state index in [1.54, 1.807) is 39.8 Å². The topological polar surface area (TPSA) is 140 Å². The molecule has 210 valence electrons. The lowest BCUT2D eigenvalue weighted by Gasteiger charge is -2.26. The average molecular weight is 543 g/mol. The van der Waals surface area contributed by atoms with Crippen molar-refractivity contribution in [1.29, 1.82) is 0 Å². The number of carbonyl (C=O) groups is 4. The summed E-state index contributed by atoms with van der Waals surface area (Å²) in [5.41, 5.74) is 0.585. The molecule has 0 bridgehead atoms. The summed E-state index contributed by atoms with van der Waals surface area (Å²) < 4.78 is 24.1. The highest BCUT2D eigenvalue weighted by molar-refractivity contribution is 5.95. The maximum Gasteiger partial charge on any atom is 0.329 e. The maximum atomic E-state index is 13.5. The number of nitrogens with zero attached hydrogens (tertiary/aromatic N) is 1. The minimum Gasteiger partial charge on any atom is -0.450 e. The number of allylic oxidation sites excluding steroid dienone is 1. The highest BCUT2D eigenvalue weighted by atomic mass is 19.1. The molecule has 0 aliphatic carbocycles. The minimum absolute atomic E-state index is 0.0108. The Morgan fingerprint density at radius 1 is 1.23 bits per heavy atom. The molecular weight excluding hydrogens is 507 g/mol. The Morgan fingerprint density at radius 2 is 1.95 bits per heavy atom. The van der Waals surface area contributed by atoms with Crippen LogP contribution in [0.2, 0.25) is 0 Å². The number of nitrogens with one attached hydrogen (secondary N) is 3. The summed E-state index contributed by atoms with van der Waals surface area (Å²) in [4.78, 5) is 51.4. The summed E-state index contributed by atoms with van der Waals surface area (Å²) in [6.07, 6.45) is 3.30. The fraction of sp³-hybridized carbons (Fsp3) is 0.464. The number of aromatic nitrogens is 1. The van der Waals surface area contributed by atoms with Gasteiger partial charge in [-0.3, -0.25) is 14.4 Å². The zero-order valence-corrected chi connectivity index (χ0v) is 22.5. The lowest BCUT2D eigenvalue weighted by molar-refractivity contribution is -0.158. The van der Waals surface area contributed by atoms with Gasteiger partial charge >= 0.3 is 5.97 Å². The first kappa shape index (κ1) is 29.5. The molecule has 1 saturated heterocycles. The number of benzene rings is 1. The molecule has 1 fully saturated rings. The maximum absolute atomic E-state index is 13.5. The number of hydrogen-bond acceptors (Lipinski definition) is 7. The zero-order chi connectivity index (χ0) is 28.5. The third-order valence-electron chi connectivity index (χ3n) is 6.41. The first-order chi connectivity index (χ1) is 18.6. The van der Waals surface area contributed by atoms with E-state index in [1.165, 1.54) is 30.3 Å². The van der Waals surface area contributed by atoms with Crippen molar-refractivity contribution in [3.8, 4) is 0 Å². The summed E-state index contributed by atoms with van der Waals surface area (Å²) in [6.45, 7) is 7.47. The lowest BCUT2D eigenvalue weighted by atomic mass is 9.97. The number of ether oxygens (including phenoxy) is 1. The number of hydrogen-bond donors (Lipinski definition) is 3. The second-order valence-corrected chi connectivity index (χ2v) is 9.93. The predicted molar refractivity (Wildman–Crippen MR) is 140 cm³/mol. The predicted octanol–water partition coefficient (Wildman–Crippen LogP) is 2.62. The number of halogens is 1. The summed E-state index contributed by atoms with van der Waals surface area (Å²) in [5.74, 6) is -2.69. The Kier molecular flexibility index (Phi) is 10.4. The first-order valence-electron chi connectivity index (χ1n) is 13.0. The number of aryl methyl sites for hydroxylation is 1. The molecule has 3 N–H and O–H groups in total. The van der Waals surface area contributed by atoms with Crippen molar-refractivity contribution in [3.05, 3.63) is 65.3 Å². The quantitative estimate of drug-likeness (QED) is 0.277. The Balaban J connectivity index is 1.77. The second kappa shape index (κ2) is 13.7. The van der Waals surface area contributed by atoms with Gasteiger partial charge in [0.25, 0.3) is 11.8 Å². The van der Waals surface area contributed by atoms with Crippen molar-refractivity contribution in [1.82, 2.24) is 21.1 Å². The highest BCUT2D eigenvalue weighted by Crippen LogP contribution is 2.18. The van der Waals surface area contributed by atoms with Crippen LogP contribution >= 0.6 is 0 Å². The molecular formula is C28H35FN4O6. The van der Waals surface area contributed by atoms with Crippen LogP contribution in [0.1, 0.15) is 55.4 Å². The summed E-state index contributed by atoms with van der Waals surface area (Å²) in [7, 11) is 0. The monoisotopic (exact) mass is 542 g/mol. The van der Waals surface area contributed by atoms with E-state index < -0.39 is 41.8 Å². The first-order valence-corrected chi connectivity index (χ1v) is 13.0. The Morgan fingerprint density at radius 3 is 2.51 bits per heavy atom. The van der Waals surface area contributed by atoms with Gasteiger partial charge < -0.3 is 25.2 Å². The number of esters is 1. The van der Waals surface area contributed by atoms with Crippen LogP contribution in [0, 0.1) is 24.6 Å². The normalized spacial score (nSPS) is 17.5. The van der Waals surface area contributed by atoms with Crippen LogP contribution in [-0.4, -0.2) is 53.6 Å². The molecule has 0 saturated carbocycles. The molecule has 3 rings (SSSR count). The van der Waals surface area contributed by atoms with Gasteiger partial charge in [0.15, 0.2) is 11.8 Å². The average Bonchev–Trinajstić information content (AvgIpc) is 3.50. The molecule has 2 aromatic rings. The fourth-order valence-electron chi connectivity index (χ4n) is 4.29. The molecule has 0 unspecified atom stereocenters. The van der Waals surface area contributed by atoms with E-state index in [1.807, 2.05) is 0 Å². The van der Waals surface area contributed by atoms with E-state index >= 15 is 0 Å². The van der Waals surface area contributed by atoms with E-state index in [9.17, 15) is 23.6 Å². The van der Waals surface area contributed by atoms with Crippen LogP contribution < -0.4 is 16.0 Å². The molecule has 11 heteroatoms. The van der Waals surface area contributed by atoms with Gasteiger partial charge in [-0.2, -0.15) is 0 Å². The molecule has 0 spiro atoms. The van der Waals surface area contributed by atoms with Gasteiger partial charge in [-0.1, -0.05) is 43.3 Å². The molecule has 10 nitrogen and oxygen atoms in total. The second-order valence-electron chi connectivity index (χ2n) is 9.93. The molecule has 3 amide bonds. The Labute approximate surface area is 226 Å². The van der Waals surface area contributed by atoms with Crippen molar-refractivity contribution < 1.29 is 32.8 Å². The SMILES string of the molecule is C/C=C/[C@H](C[C@@H]1CCNC1=O)NC(=O)[C@H](Cc1ccc(F)cc1)OC(=O)[C@@H](NC(=O)c1cc(C)on1)C(C)C. The minimum atomic E-state index is -1.28. The zero-order valence-electron chi connectivity index (χ0n) is 22.5. The van der Waals surface area contributed by atoms with Crippen LogP contribution in [0.4, 0.5) is 4.39 Å². The van der Waals surface area contributed by atoms with Gasteiger partial charge in [0.05, 0.1) is 0 Å². The van der Waals surface area contributed by atoms with Gasteiger partial charge in [0.1, 0.15) is 17.6 Å². The van der Waals surface area contributed by atoms with Crippen molar-refractivity contribution in [2.24, 2.45) is 11.8 Å². The van der Waals surface area contributed by atoms with Crippen molar-refractivity contribution in [2.75, 3.05) is 6.54 Å². The van der Waals surface area contributed by atoms with Crippen LogP contribution in [0.25, 0.3) is 0 Å². The number of amides is 3. The molecule has 1 aromatic carbocycles. The van der Waals surface area contributed by atoms with Crippen LogP contribution in [-0.2, 0) is 25.5 Å². The molecule has 4 atom stereocenters. The smallest absolute Gasteiger partial charge is 0.329 e. The van der Waals surface area contributed by atoms with Crippen molar-refractivity contribution >= 4 is 23.7 Å². The van der Waals surface area contributed by atoms with E-state index in [2.05, 4.69) is 21.1 Å². The summed E-state index contributed by atoms with van der Waals surface area (Å²) in [6, 6.07) is 5.41. The van der Waals surface area contributed by atoms with E-state index in [4.69, 9.17) is 9.26 Å². The Bertz CT molecular complexity index is 1190. The van der Waals surface area contributed by atoms with Crippen molar-refractivity contribution in [3.63, 3.8) is 0 Å². The molecule has 1 aliphatic rings. The van der Waals surface area contributed by atoms with E-state index in [0.717, 1.165) is 0 Å². The van der Waals surface area contributed by atoms with Crippen LogP contribution in [0.15, 0.2) is 47.0 Å². The molecule has 2 heterocycles. The van der Waals surface area contributed by atoms with Crippen LogP contribution in [0.5, 0.6) is 0 Å². The summed E-state index contributed by atoms with van der Waals surface area (Å²) in [5, 5.41) is 11.9. The molecule has 1 aliphatic heterocycles. The van der Waals surface area contributed by atoms with Crippen LogP contribution in [0.3, 0.4) is 0 Å². The van der Waals surface area contributed by atoms with Gasteiger partial charge in [0, 0.05) is 31.0 Å². The largest absolute Gasteiger partial charge is 0.450 e.